The van der Waals surface area contributed by atoms with Gasteiger partial charge in [-0.05, 0) is 36.0 Å². The van der Waals surface area contributed by atoms with E-state index in [4.69, 9.17) is 10.5 Å². The number of benzene rings is 1. The number of carbonyl (C=O) groups is 1. The van der Waals surface area contributed by atoms with Gasteiger partial charge in [0.25, 0.3) is 5.91 Å². The highest BCUT2D eigenvalue weighted by Crippen LogP contribution is 2.30. The van der Waals surface area contributed by atoms with Crippen molar-refractivity contribution in [1.82, 2.24) is 20.3 Å². The van der Waals surface area contributed by atoms with E-state index in [0.29, 0.717) is 28.7 Å². The second-order valence-corrected chi connectivity index (χ2v) is 7.50. The Labute approximate surface area is 180 Å². The molecule has 0 spiro atoms. The Morgan fingerprint density at radius 1 is 1.13 bits per heavy atom. The Balaban J connectivity index is 1.51. The van der Waals surface area contributed by atoms with E-state index in [0.717, 1.165) is 37.2 Å². The Morgan fingerprint density at radius 2 is 1.84 bits per heavy atom. The molecule has 3 heterocycles. The van der Waals surface area contributed by atoms with E-state index in [1.54, 1.807) is 6.20 Å². The van der Waals surface area contributed by atoms with Crippen LogP contribution >= 0.6 is 0 Å². The molecule has 31 heavy (non-hydrogen) atoms. The predicted molar refractivity (Wildman–Crippen MR) is 116 cm³/mol. The molecule has 0 radical (unpaired) electrons. The third-order valence-corrected chi connectivity index (χ3v) is 5.48. The number of carbonyl (C=O) groups excluding carboxylic acids is 1. The molecule has 8 heteroatoms. The average Bonchev–Trinajstić information content (AvgIpc) is 2.84. The first-order chi connectivity index (χ1) is 15.2. The summed E-state index contributed by atoms with van der Waals surface area (Å²) >= 11 is 0. The van der Waals surface area contributed by atoms with Crippen LogP contribution in [0.15, 0.2) is 55.0 Å². The van der Waals surface area contributed by atoms with Gasteiger partial charge >= 0.3 is 0 Å². The van der Waals surface area contributed by atoms with Crippen molar-refractivity contribution in [3.05, 3.63) is 71.7 Å². The lowest BCUT2D eigenvalue weighted by Gasteiger charge is -2.22. The van der Waals surface area contributed by atoms with Crippen LogP contribution in [0.3, 0.4) is 0 Å². The molecule has 4 rings (SSSR count). The summed E-state index contributed by atoms with van der Waals surface area (Å²) in [7, 11) is 0. The van der Waals surface area contributed by atoms with E-state index < -0.39 is 6.04 Å². The molecule has 1 fully saturated rings. The maximum absolute atomic E-state index is 12.6. The minimum atomic E-state index is -0.510. The Morgan fingerprint density at radius 3 is 2.52 bits per heavy atom. The number of aromatic nitrogens is 3. The molecular weight excluding hydrogens is 394 g/mol. The third-order valence-electron chi connectivity index (χ3n) is 5.48. The van der Waals surface area contributed by atoms with E-state index in [1.165, 1.54) is 12.4 Å². The number of hydrogen-bond acceptors (Lipinski definition) is 7. The number of nitrogen functional groups attached to an aromatic ring is 1. The zero-order valence-corrected chi connectivity index (χ0v) is 17.1. The first-order valence-corrected chi connectivity index (χ1v) is 10.3. The van der Waals surface area contributed by atoms with Crippen molar-refractivity contribution in [3.63, 3.8) is 0 Å². The number of anilines is 1. The first kappa shape index (κ1) is 20.9. The largest absolute Gasteiger partial charge is 0.394 e. The summed E-state index contributed by atoms with van der Waals surface area (Å²) in [4.78, 5) is 25.6. The van der Waals surface area contributed by atoms with Crippen molar-refractivity contribution in [2.45, 2.75) is 24.8 Å². The van der Waals surface area contributed by atoms with Gasteiger partial charge in [0, 0.05) is 31.8 Å². The maximum Gasteiger partial charge on any atom is 0.254 e. The van der Waals surface area contributed by atoms with Crippen LogP contribution in [0, 0.1) is 0 Å². The number of pyridine rings is 1. The van der Waals surface area contributed by atoms with Crippen LogP contribution in [-0.2, 0) is 4.74 Å². The first-order valence-electron chi connectivity index (χ1n) is 10.3. The Bertz CT molecular complexity index is 1020. The molecule has 3 aromatic rings. The van der Waals surface area contributed by atoms with Crippen molar-refractivity contribution < 1.29 is 14.6 Å². The number of amides is 1. The number of nitrogens with zero attached hydrogens (tertiary/aromatic N) is 3. The summed E-state index contributed by atoms with van der Waals surface area (Å²) in [5.74, 6) is 0.769. The molecule has 0 bridgehead atoms. The number of ether oxygens (including phenoxy) is 1. The van der Waals surface area contributed by atoms with Crippen molar-refractivity contribution in [1.29, 1.82) is 0 Å². The van der Waals surface area contributed by atoms with Gasteiger partial charge in [0.2, 0.25) is 0 Å². The SMILES string of the molecule is Nc1ncc(C2CCOCC2)cc1-c1ncc(C(=O)NC(CO)c2ccccc2)cn1. The van der Waals surface area contributed by atoms with Gasteiger partial charge in [-0.25, -0.2) is 15.0 Å². The van der Waals surface area contributed by atoms with Gasteiger partial charge in [0.05, 0.1) is 23.8 Å². The summed E-state index contributed by atoms with van der Waals surface area (Å²) in [6.45, 7) is 1.26. The van der Waals surface area contributed by atoms with E-state index >= 15 is 0 Å². The highest BCUT2D eigenvalue weighted by atomic mass is 16.5. The lowest BCUT2D eigenvalue weighted by Crippen LogP contribution is -2.31. The summed E-state index contributed by atoms with van der Waals surface area (Å²) in [6, 6.07) is 10.8. The van der Waals surface area contributed by atoms with Crippen LogP contribution in [0.25, 0.3) is 11.4 Å². The number of rotatable bonds is 6. The molecular formula is C23H25N5O3. The molecule has 2 aromatic heterocycles. The summed E-state index contributed by atoms with van der Waals surface area (Å²) < 4.78 is 5.44. The molecule has 1 saturated heterocycles. The fourth-order valence-electron chi connectivity index (χ4n) is 3.67. The molecule has 1 aromatic carbocycles. The molecule has 1 atom stereocenters. The van der Waals surface area contributed by atoms with E-state index in [1.807, 2.05) is 36.4 Å². The van der Waals surface area contributed by atoms with Crippen molar-refractivity contribution in [3.8, 4) is 11.4 Å². The van der Waals surface area contributed by atoms with Gasteiger partial charge in [-0.15, -0.1) is 0 Å². The summed E-state index contributed by atoms with van der Waals surface area (Å²) in [6.07, 6.45) is 6.60. The van der Waals surface area contributed by atoms with Crippen LogP contribution in [0.5, 0.6) is 0 Å². The van der Waals surface area contributed by atoms with Crippen LogP contribution < -0.4 is 11.1 Å². The number of aliphatic hydroxyl groups excluding tert-OH is 1. The van der Waals surface area contributed by atoms with Crippen LogP contribution in [0.4, 0.5) is 5.82 Å². The lowest BCUT2D eigenvalue weighted by atomic mass is 9.92. The molecule has 160 valence electrons. The van der Waals surface area contributed by atoms with Gasteiger partial charge in [0.1, 0.15) is 5.82 Å². The fraction of sp³-hybridized carbons (Fsp3) is 0.304. The monoisotopic (exact) mass is 419 g/mol. The molecule has 0 saturated carbocycles. The number of nitrogens with one attached hydrogen (secondary N) is 1. The second kappa shape index (κ2) is 9.63. The standard InChI is InChI=1S/C23H25N5O3/c24-21-19(10-17(11-25-21)15-6-8-31-9-7-15)22-26-12-18(13-27-22)23(30)28-20(14-29)16-4-2-1-3-5-16/h1-5,10-13,15,20,29H,6-9,14H2,(H2,24,25)(H,28,30). The molecule has 4 N–H and O–H groups in total. The van der Waals surface area contributed by atoms with Crippen LogP contribution in [0.1, 0.15) is 46.3 Å². The molecule has 1 amide bonds. The molecule has 1 aliphatic rings. The normalized spacial score (nSPS) is 15.4. The molecule has 1 unspecified atom stereocenters. The van der Waals surface area contributed by atoms with Gasteiger partial charge in [-0.2, -0.15) is 0 Å². The second-order valence-electron chi connectivity index (χ2n) is 7.50. The zero-order valence-electron chi connectivity index (χ0n) is 17.1. The van der Waals surface area contributed by atoms with Gasteiger partial charge < -0.3 is 20.9 Å². The zero-order chi connectivity index (χ0) is 21.6. The van der Waals surface area contributed by atoms with Crippen molar-refractivity contribution >= 4 is 11.7 Å². The van der Waals surface area contributed by atoms with Gasteiger partial charge in [-0.3, -0.25) is 4.79 Å². The van der Waals surface area contributed by atoms with Crippen LogP contribution in [0.2, 0.25) is 0 Å². The van der Waals surface area contributed by atoms with Crippen molar-refractivity contribution in [2.75, 3.05) is 25.6 Å². The third kappa shape index (κ3) is 4.87. The minimum absolute atomic E-state index is 0.212. The molecule has 0 aliphatic carbocycles. The smallest absolute Gasteiger partial charge is 0.254 e. The topological polar surface area (TPSA) is 123 Å². The lowest BCUT2D eigenvalue weighted by molar-refractivity contribution is 0.0853. The number of hydrogen-bond donors (Lipinski definition) is 3. The molecule has 8 nitrogen and oxygen atoms in total. The maximum atomic E-state index is 12.6. The van der Waals surface area contributed by atoms with Crippen LogP contribution in [-0.4, -0.2) is 45.8 Å². The van der Waals surface area contributed by atoms with Crippen molar-refractivity contribution in [2.24, 2.45) is 0 Å². The quantitative estimate of drug-likeness (QED) is 0.561. The average molecular weight is 419 g/mol. The molecule has 1 aliphatic heterocycles. The Kier molecular flexibility index (Phi) is 6.49. The predicted octanol–water partition coefficient (Wildman–Crippen LogP) is 2.48. The Hall–Kier alpha value is -3.36. The number of aliphatic hydroxyl groups is 1. The van der Waals surface area contributed by atoms with E-state index in [2.05, 4.69) is 20.3 Å². The fourth-order valence-corrected chi connectivity index (χ4v) is 3.67. The minimum Gasteiger partial charge on any atom is -0.394 e. The van der Waals surface area contributed by atoms with E-state index in [9.17, 15) is 9.90 Å². The highest BCUT2D eigenvalue weighted by Gasteiger charge is 2.19. The van der Waals surface area contributed by atoms with Gasteiger partial charge in [-0.1, -0.05) is 30.3 Å². The highest BCUT2D eigenvalue weighted by molar-refractivity contribution is 5.94. The summed E-state index contributed by atoms with van der Waals surface area (Å²) in [5.41, 5.74) is 8.93. The van der Waals surface area contributed by atoms with E-state index in [-0.39, 0.29) is 12.5 Å². The summed E-state index contributed by atoms with van der Waals surface area (Å²) in [5, 5.41) is 12.5. The van der Waals surface area contributed by atoms with Gasteiger partial charge in [0.15, 0.2) is 5.82 Å². The number of nitrogens with two attached hydrogens (primary N) is 1.